The summed E-state index contributed by atoms with van der Waals surface area (Å²) in [5, 5.41) is 21.4. The third-order valence-electron chi connectivity index (χ3n) is 1.69. The second-order valence-corrected chi connectivity index (χ2v) is 3.84. The van der Waals surface area contributed by atoms with Crippen molar-refractivity contribution in [3.8, 4) is 0 Å². The number of rotatable bonds is 6. The van der Waals surface area contributed by atoms with E-state index in [0.717, 1.165) is 11.3 Å². The largest absolute Gasteiger partial charge is 0.476 e. The number of aromatic carboxylic acids is 1. The summed E-state index contributed by atoms with van der Waals surface area (Å²) < 4.78 is 23.8. The molecule has 3 N–H and O–H groups in total. The van der Waals surface area contributed by atoms with Crippen LogP contribution in [0.15, 0.2) is 5.38 Å². The summed E-state index contributed by atoms with van der Waals surface area (Å²) in [7, 11) is 0. The number of aliphatic hydroxyl groups is 1. The van der Waals surface area contributed by atoms with Gasteiger partial charge >= 0.3 is 5.97 Å². The molecule has 0 radical (unpaired) electrons. The highest BCUT2D eigenvalue weighted by Gasteiger charge is 2.16. The van der Waals surface area contributed by atoms with Crippen LogP contribution in [0, 0.1) is 0 Å². The summed E-state index contributed by atoms with van der Waals surface area (Å²) in [5.41, 5.74) is 0.448. The zero-order valence-corrected chi connectivity index (χ0v) is 8.88. The molecule has 5 nitrogen and oxygen atoms in total. The summed E-state index contributed by atoms with van der Waals surface area (Å²) >= 11 is 0.961. The highest BCUT2D eigenvalue weighted by molar-refractivity contribution is 7.11. The summed E-state index contributed by atoms with van der Waals surface area (Å²) in [4.78, 5) is 14.2. The number of alkyl halides is 2. The van der Waals surface area contributed by atoms with Crippen LogP contribution in [-0.2, 0) is 6.54 Å². The van der Waals surface area contributed by atoms with Gasteiger partial charge in [0.1, 0.15) is 6.10 Å². The highest BCUT2D eigenvalue weighted by atomic mass is 32.1. The zero-order valence-electron chi connectivity index (χ0n) is 8.06. The molecule has 1 atom stereocenters. The van der Waals surface area contributed by atoms with E-state index in [4.69, 9.17) is 10.2 Å². The number of thiazole rings is 1. The summed E-state index contributed by atoms with van der Waals surface area (Å²) in [5.74, 6) is -1.12. The molecule has 1 unspecified atom stereocenters. The lowest BCUT2D eigenvalue weighted by Crippen LogP contribution is -2.31. The minimum atomic E-state index is -2.79. The number of nitrogens with one attached hydrogen (secondary N) is 1. The highest BCUT2D eigenvalue weighted by Crippen LogP contribution is 2.09. The van der Waals surface area contributed by atoms with Crippen molar-refractivity contribution >= 4 is 17.3 Å². The fraction of sp³-hybridized carbons (Fsp3) is 0.500. The van der Waals surface area contributed by atoms with Crippen LogP contribution in [0.2, 0.25) is 0 Å². The molecule has 0 saturated heterocycles. The SMILES string of the molecule is O=C(O)c1nc(CNCC(O)C(F)F)cs1. The van der Waals surface area contributed by atoms with Gasteiger partial charge in [-0.05, 0) is 0 Å². The third-order valence-corrected chi connectivity index (χ3v) is 2.56. The first-order valence-electron chi connectivity index (χ1n) is 4.35. The molecule has 0 bridgehead atoms. The average molecular weight is 252 g/mol. The number of hydrogen-bond acceptors (Lipinski definition) is 5. The molecule has 1 heterocycles. The molecule has 0 spiro atoms. The molecule has 0 fully saturated rings. The molecule has 0 amide bonds. The van der Waals surface area contributed by atoms with E-state index in [9.17, 15) is 13.6 Å². The van der Waals surface area contributed by atoms with Gasteiger partial charge in [0.2, 0.25) is 5.01 Å². The van der Waals surface area contributed by atoms with Gasteiger partial charge in [-0.15, -0.1) is 11.3 Å². The number of halogens is 2. The number of carboxylic acid groups (broad SMARTS) is 1. The maximum atomic E-state index is 11.9. The van der Waals surface area contributed by atoms with Gasteiger partial charge < -0.3 is 15.5 Å². The quantitative estimate of drug-likeness (QED) is 0.689. The minimum Gasteiger partial charge on any atom is -0.476 e. The molecule has 0 aliphatic heterocycles. The van der Waals surface area contributed by atoms with E-state index in [1.165, 1.54) is 5.38 Å². The van der Waals surface area contributed by atoms with Crippen LogP contribution in [0.3, 0.4) is 0 Å². The average Bonchev–Trinajstić information content (AvgIpc) is 2.66. The Bertz CT molecular complexity index is 359. The topological polar surface area (TPSA) is 82.5 Å². The number of hydrogen-bond donors (Lipinski definition) is 3. The van der Waals surface area contributed by atoms with Crippen LogP contribution in [0.4, 0.5) is 8.78 Å². The lowest BCUT2D eigenvalue weighted by molar-refractivity contribution is -0.00343. The number of nitrogens with zero attached hydrogens (tertiary/aromatic N) is 1. The first-order valence-corrected chi connectivity index (χ1v) is 5.23. The summed E-state index contributed by atoms with van der Waals surface area (Å²) in [6, 6.07) is 0. The molecular weight excluding hydrogens is 242 g/mol. The van der Waals surface area contributed by atoms with Crippen molar-refractivity contribution < 1.29 is 23.8 Å². The Morgan fingerprint density at radius 2 is 2.31 bits per heavy atom. The molecule has 1 aromatic rings. The van der Waals surface area contributed by atoms with Crippen molar-refractivity contribution in [1.82, 2.24) is 10.3 Å². The zero-order chi connectivity index (χ0) is 12.1. The van der Waals surface area contributed by atoms with Gasteiger partial charge in [0.15, 0.2) is 0 Å². The first-order chi connectivity index (χ1) is 7.50. The van der Waals surface area contributed by atoms with E-state index >= 15 is 0 Å². The lowest BCUT2D eigenvalue weighted by Gasteiger charge is -2.09. The Morgan fingerprint density at radius 1 is 1.62 bits per heavy atom. The molecule has 90 valence electrons. The van der Waals surface area contributed by atoms with Gasteiger partial charge in [-0.3, -0.25) is 0 Å². The van der Waals surface area contributed by atoms with Crippen molar-refractivity contribution in [2.45, 2.75) is 19.1 Å². The predicted octanol–water partition coefficient (Wildman–Crippen LogP) is 0.557. The number of aromatic nitrogens is 1. The molecule has 0 aliphatic carbocycles. The van der Waals surface area contributed by atoms with Gasteiger partial charge in [-0.1, -0.05) is 0 Å². The smallest absolute Gasteiger partial charge is 0.365 e. The standard InChI is InChI=1S/C8H10F2N2O3S/c9-6(10)5(13)2-11-1-4-3-16-7(12-4)8(14)15/h3,5-6,11,13H,1-2H2,(H,14,15). The Balaban J connectivity index is 2.35. The van der Waals surface area contributed by atoms with Gasteiger partial charge in [-0.25, -0.2) is 18.6 Å². The Kier molecular flexibility index (Phi) is 4.71. The van der Waals surface area contributed by atoms with Crippen LogP contribution < -0.4 is 5.32 Å². The fourth-order valence-corrected chi connectivity index (χ4v) is 1.58. The van der Waals surface area contributed by atoms with Gasteiger partial charge in [0.25, 0.3) is 6.43 Å². The maximum absolute atomic E-state index is 11.9. The van der Waals surface area contributed by atoms with Crippen molar-refractivity contribution in [2.24, 2.45) is 0 Å². The van der Waals surface area contributed by atoms with Crippen LogP contribution in [-0.4, -0.2) is 40.2 Å². The van der Waals surface area contributed by atoms with Gasteiger partial charge in [-0.2, -0.15) is 0 Å². The molecular formula is C8H10F2N2O3S. The first kappa shape index (κ1) is 12.9. The monoisotopic (exact) mass is 252 g/mol. The second kappa shape index (κ2) is 5.83. The van der Waals surface area contributed by atoms with Crippen LogP contribution >= 0.6 is 11.3 Å². The molecule has 0 aliphatic rings. The minimum absolute atomic E-state index is 0.0498. The molecule has 1 rings (SSSR count). The molecule has 0 saturated carbocycles. The molecule has 0 aromatic carbocycles. The van der Waals surface area contributed by atoms with E-state index in [1.807, 2.05) is 0 Å². The van der Waals surface area contributed by atoms with Gasteiger partial charge in [0, 0.05) is 18.5 Å². The Hall–Kier alpha value is -1.12. The lowest BCUT2D eigenvalue weighted by atomic mass is 10.3. The van der Waals surface area contributed by atoms with Crippen molar-refractivity contribution in [3.05, 3.63) is 16.1 Å². The van der Waals surface area contributed by atoms with Gasteiger partial charge in [0.05, 0.1) is 5.69 Å². The number of aliphatic hydroxyl groups excluding tert-OH is 1. The molecule has 1 aromatic heterocycles. The van der Waals surface area contributed by atoms with E-state index in [1.54, 1.807) is 0 Å². The number of carboxylic acids is 1. The second-order valence-electron chi connectivity index (χ2n) is 2.98. The van der Waals surface area contributed by atoms with E-state index < -0.39 is 18.5 Å². The summed E-state index contributed by atoms with van der Waals surface area (Å²) in [6.45, 7) is -0.120. The van der Waals surface area contributed by atoms with Crippen molar-refractivity contribution in [2.75, 3.05) is 6.54 Å². The third kappa shape index (κ3) is 3.80. The summed E-state index contributed by atoms with van der Waals surface area (Å²) in [6.07, 6.45) is -4.52. The normalized spacial score (nSPS) is 13.0. The van der Waals surface area contributed by atoms with Crippen molar-refractivity contribution in [1.29, 1.82) is 0 Å². The van der Waals surface area contributed by atoms with Crippen molar-refractivity contribution in [3.63, 3.8) is 0 Å². The van der Waals surface area contributed by atoms with Crippen LogP contribution in [0.5, 0.6) is 0 Å². The fourth-order valence-electron chi connectivity index (χ4n) is 0.924. The Morgan fingerprint density at radius 3 is 2.81 bits per heavy atom. The molecule has 16 heavy (non-hydrogen) atoms. The number of carbonyl (C=O) groups is 1. The predicted molar refractivity (Wildman–Crippen MR) is 52.8 cm³/mol. The maximum Gasteiger partial charge on any atom is 0.365 e. The van der Waals surface area contributed by atoms with Crippen LogP contribution in [0.25, 0.3) is 0 Å². The van der Waals surface area contributed by atoms with Crippen LogP contribution in [0.1, 0.15) is 15.5 Å². The van der Waals surface area contributed by atoms with E-state index in [0.29, 0.717) is 5.69 Å². The van der Waals surface area contributed by atoms with E-state index in [2.05, 4.69) is 10.3 Å². The van der Waals surface area contributed by atoms with E-state index in [-0.39, 0.29) is 18.1 Å². The Labute approximate surface area is 93.7 Å². The molecule has 8 heteroatoms.